The van der Waals surface area contributed by atoms with Gasteiger partial charge in [-0.2, -0.15) is 0 Å². The average Bonchev–Trinajstić information content (AvgIpc) is 2.26. The van der Waals surface area contributed by atoms with Gasteiger partial charge in [0.2, 0.25) is 0 Å². The van der Waals surface area contributed by atoms with Gasteiger partial charge in [-0.05, 0) is 19.9 Å². The van der Waals surface area contributed by atoms with Crippen molar-refractivity contribution in [3.8, 4) is 0 Å². The molecule has 0 unspecified atom stereocenters. The first-order valence-corrected chi connectivity index (χ1v) is 5.73. The van der Waals surface area contributed by atoms with Crippen molar-refractivity contribution in [2.75, 3.05) is 0 Å². The van der Waals surface area contributed by atoms with Gasteiger partial charge in [0.25, 0.3) is 5.56 Å². The van der Waals surface area contributed by atoms with Crippen molar-refractivity contribution in [3.05, 3.63) is 38.6 Å². The minimum atomic E-state index is -0.702. The van der Waals surface area contributed by atoms with Gasteiger partial charge in [-0.1, -0.05) is 23.2 Å². The van der Waals surface area contributed by atoms with Crippen LogP contribution in [0, 0.1) is 5.82 Å². The van der Waals surface area contributed by atoms with Crippen LogP contribution >= 0.6 is 23.2 Å². The lowest BCUT2D eigenvalue weighted by Gasteiger charge is -2.15. The summed E-state index contributed by atoms with van der Waals surface area (Å²) >= 11 is 11.4. The first-order valence-electron chi connectivity index (χ1n) is 4.98. The highest BCUT2D eigenvalue weighted by molar-refractivity contribution is 6.31. The zero-order chi connectivity index (χ0) is 12.7. The molecule has 6 heteroatoms. The Bertz CT molecular complexity index is 652. The van der Waals surface area contributed by atoms with E-state index in [9.17, 15) is 9.18 Å². The van der Waals surface area contributed by atoms with Crippen molar-refractivity contribution < 1.29 is 4.39 Å². The smallest absolute Gasteiger partial charge is 0.270 e. The summed E-state index contributed by atoms with van der Waals surface area (Å²) in [5.41, 5.74) is -0.301. The van der Waals surface area contributed by atoms with E-state index in [4.69, 9.17) is 23.2 Å². The van der Waals surface area contributed by atoms with Crippen LogP contribution in [-0.4, -0.2) is 9.55 Å². The number of nitrogens with zero attached hydrogens (tertiary/aromatic N) is 2. The predicted molar refractivity (Wildman–Crippen MR) is 66.4 cm³/mol. The highest BCUT2D eigenvalue weighted by Gasteiger charge is 2.16. The summed E-state index contributed by atoms with van der Waals surface area (Å²) in [6.45, 7) is 3.54. The highest BCUT2D eigenvalue weighted by atomic mass is 35.5. The molecule has 0 fully saturated rings. The van der Waals surface area contributed by atoms with Gasteiger partial charge in [-0.25, -0.2) is 9.37 Å². The summed E-state index contributed by atoms with van der Waals surface area (Å²) in [5.74, 6) is -0.702. The van der Waals surface area contributed by atoms with Gasteiger partial charge in [0, 0.05) is 17.6 Å². The minimum Gasteiger partial charge on any atom is -0.302 e. The summed E-state index contributed by atoms with van der Waals surface area (Å²) in [4.78, 5) is 15.6. The van der Waals surface area contributed by atoms with Gasteiger partial charge in [-0.3, -0.25) is 4.79 Å². The lowest BCUT2D eigenvalue weighted by Crippen LogP contribution is -2.23. The Morgan fingerprint density at radius 2 is 2.06 bits per heavy atom. The lowest BCUT2D eigenvalue weighted by atomic mass is 10.2. The van der Waals surface area contributed by atoms with E-state index in [1.807, 2.05) is 0 Å². The number of aromatic nitrogens is 2. The molecule has 17 heavy (non-hydrogen) atoms. The molecule has 90 valence electrons. The van der Waals surface area contributed by atoms with Gasteiger partial charge < -0.3 is 4.57 Å². The van der Waals surface area contributed by atoms with E-state index in [2.05, 4.69) is 4.98 Å². The molecule has 0 amide bonds. The van der Waals surface area contributed by atoms with Crippen LogP contribution in [0.25, 0.3) is 10.9 Å². The zero-order valence-electron chi connectivity index (χ0n) is 9.17. The molecule has 2 aromatic heterocycles. The normalized spacial score (nSPS) is 11.4. The second-order valence-electron chi connectivity index (χ2n) is 3.93. The van der Waals surface area contributed by atoms with Crippen LogP contribution in [-0.2, 0) is 0 Å². The number of hydrogen-bond donors (Lipinski definition) is 0. The maximum absolute atomic E-state index is 13.9. The molecule has 0 radical (unpaired) electrons. The second kappa shape index (κ2) is 4.27. The summed E-state index contributed by atoms with van der Waals surface area (Å²) in [6.07, 6.45) is 1.39. The first-order chi connectivity index (χ1) is 7.93. The van der Waals surface area contributed by atoms with Crippen molar-refractivity contribution in [1.82, 2.24) is 9.55 Å². The Morgan fingerprint density at radius 1 is 1.41 bits per heavy atom. The van der Waals surface area contributed by atoms with E-state index < -0.39 is 11.4 Å². The van der Waals surface area contributed by atoms with E-state index in [-0.39, 0.29) is 21.7 Å². The number of fused-ring (bicyclic) bond motifs is 1. The average molecular weight is 275 g/mol. The summed E-state index contributed by atoms with van der Waals surface area (Å²) in [6, 6.07) is 1.17. The Morgan fingerprint density at radius 3 is 2.65 bits per heavy atom. The molecule has 0 saturated heterocycles. The topological polar surface area (TPSA) is 34.9 Å². The lowest BCUT2D eigenvalue weighted by molar-refractivity contribution is 0.570. The van der Waals surface area contributed by atoms with E-state index in [1.165, 1.54) is 16.8 Å². The van der Waals surface area contributed by atoms with Crippen LogP contribution < -0.4 is 5.56 Å². The highest BCUT2D eigenvalue weighted by Crippen LogP contribution is 2.25. The monoisotopic (exact) mass is 274 g/mol. The van der Waals surface area contributed by atoms with E-state index >= 15 is 0 Å². The quantitative estimate of drug-likeness (QED) is 0.747. The fraction of sp³-hybridized carbons (Fsp3) is 0.273. The number of rotatable bonds is 1. The molecule has 0 bridgehead atoms. The molecule has 3 nitrogen and oxygen atoms in total. The summed E-state index contributed by atoms with van der Waals surface area (Å²) < 4.78 is 15.2. The van der Waals surface area contributed by atoms with Crippen molar-refractivity contribution in [2.24, 2.45) is 0 Å². The molecule has 0 atom stereocenters. The number of hydrogen-bond acceptors (Lipinski definition) is 2. The van der Waals surface area contributed by atoms with Gasteiger partial charge in [0.05, 0.1) is 5.52 Å². The van der Waals surface area contributed by atoms with Crippen molar-refractivity contribution in [1.29, 1.82) is 0 Å². The van der Waals surface area contributed by atoms with E-state index in [0.717, 1.165) is 0 Å². The van der Waals surface area contributed by atoms with E-state index in [0.29, 0.717) is 5.39 Å². The van der Waals surface area contributed by atoms with Crippen LogP contribution in [0.5, 0.6) is 0 Å². The SMILES string of the molecule is CC(C)n1c(=O)c(Cl)cc2cnc(Cl)c(F)c21. The van der Waals surface area contributed by atoms with Crippen LogP contribution in [0.1, 0.15) is 19.9 Å². The van der Waals surface area contributed by atoms with Crippen LogP contribution in [0.15, 0.2) is 17.1 Å². The Hall–Kier alpha value is -1.13. The molecule has 0 aromatic carbocycles. The molecular weight excluding hydrogens is 266 g/mol. The van der Waals surface area contributed by atoms with Crippen LogP contribution in [0.3, 0.4) is 0 Å². The number of pyridine rings is 2. The largest absolute Gasteiger partial charge is 0.302 e. The molecule has 0 saturated carbocycles. The molecule has 0 aliphatic rings. The number of halogens is 3. The minimum absolute atomic E-state index is 0.0368. The summed E-state index contributed by atoms with van der Waals surface area (Å²) in [5, 5.41) is 0.230. The molecular formula is C11H9Cl2FN2O. The second-order valence-corrected chi connectivity index (χ2v) is 4.69. The van der Waals surface area contributed by atoms with Gasteiger partial charge in [0.1, 0.15) is 5.02 Å². The van der Waals surface area contributed by atoms with Crippen LogP contribution in [0.4, 0.5) is 4.39 Å². The molecule has 2 rings (SSSR count). The third-order valence-electron chi connectivity index (χ3n) is 2.44. The Kier molecular flexibility index (Phi) is 3.10. The Labute approximate surface area is 107 Å². The maximum atomic E-state index is 13.9. The van der Waals surface area contributed by atoms with Gasteiger partial charge in [0.15, 0.2) is 11.0 Å². The maximum Gasteiger partial charge on any atom is 0.270 e. The van der Waals surface area contributed by atoms with Crippen molar-refractivity contribution in [2.45, 2.75) is 19.9 Å². The van der Waals surface area contributed by atoms with Gasteiger partial charge >= 0.3 is 0 Å². The van der Waals surface area contributed by atoms with Crippen molar-refractivity contribution >= 4 is 34.1 Å². The standard InChI is InChI=1S/C11H9Cl2FN2O/c1-5(2)16-9-6(3-7(12)11(16)17)4-15-10(13)8(9)14/h3-5H,1-2H3. The molecule has 0 aliphatic heterocycles. The molecule has 2 aromatic rings. The summed E-state index contributed by atoms with van der Waals surface area (Å²) in [7, 11) is 0. The van der Waals surface area contributed by atoms with E-state index in [1.54, 1.807) is 13.8 Å². The zero-order valence-corrected chi connectivity index (χ0v) is 10.7. The van der Waals surface area contributed by atoms with Gasteiger partial charge in [-0.15, -0.1) is 0 Å². The Balaban J connectivity index is 3.06. The molecule has 2 heterocycles. The molecule has 0 aliphatic carbocycles. The fourth-order valence-electron chi connectivity index (χ4n) is 1.73. The third kappa shape index (κ3) is 1.91. The first kappa shape index (κ1) is 12.3. The van der Waals surface area contributed by atoms with Crippen molar-refractivity contribution in [3.63, 3.8) is 0 Å². The predicted octanol–water partition coefficient (Wildman–Crippen LogP) is 3.42. The molecule has 0 N–H and O–H groups in total. The molecule has 0 spiro atoms. The third-order valence-corrected chi connectivity index (χ3v) is 2.98. The fourth-order valence-corrected chi connectivity index (χ4v) is 2.07. The van der Waals surface area contributed by atoms with Crippen LogP contribution in [0.2, 0.25) is 10.2 Å².